The van der Waals surface area contributed by atoms with Crippen LogP contribution in [0.3, 0.4) is 0 Å². The van der Waals surface area contributed by atoms with E-state index in [9.17, 15) is 8.76 Å². The van der Waals surface area contributed by atoms with Gasteiger partial charge in [0.15, 0.2) is 0 Å². The molecule has 0 aromatic heterocycles. The first-order valence-electron chi connectivity index (χ1n) is 3.30. The van der Waals surface area contributed by atoms with Gasteiger partial charge >= 0.3 is 0 Å². The quantitative estimate of drug-likeness (QED) is 0.509. The lowest BCUT2D eigenvalue weighted by molar-refractivity contribution is 0.536. The minimum atomic E-state index is -2.12. The van der Waals surface area contributed by atoms with Gasteiger partial charge in [-0.1, -0.05) is 23.2 Å². The summed E-state index contributed by atoms with van der Waals surface area (Å²) in [5.74, 6) is -0.0864. The summed E-state index contributed by atoms with van der Waals surface area (Å²) < 4.78 is 20.7. The van der Waals surface area contributed by atoms with Crippen LogP contribution in [0.15, 0.2) is 18.2 Å². The fourth-order valence-corrected chi connectivity index (χ4v) is 1.39. The molecular formula is C7H9N2O2S-. The minimum absolute atomic E-state index is 0.0864. The summed E-state index contributed by atoms with van der Waals surface area (Å²) in [7, 11) is 0. The van der Waals surface area contributed by atoms with E-state index in [0.717, 1.165) is 0 Å². The number of benzene rings is 1. The summed E-state index contributed by atoms with van der Waals surface area (Å²) >= 11 is -2.12. The lowest BCUT2D eigenvalue weighted by Gasteiger charge is -2.09. The van der Waals surface area contributed by atoms with Crippen LogP contribution in [-0.4, -0.2) is 8.76 Å². The van der Waals surface area contributed by atoms with Crippen molar-refractivity contribution in [3.63, 3.8) is 0 Å². The maximum Gasteiger partial charge on any atom is 0.0589 e. The lowest BCUT2D eigenvalue weighted by atomic mass is 10.2. The summed E-state index contributed by atoms with van der Waals surface area (Å²) in [6.07, 6.45) is 0. The molecule has 0 fully saturated rings. The molecule has 4 nitrogen and oxygen atoms in total. The monoisotopic (exact) mass is 185 g/mol. The molecule has 66 valence electrons. The van der Waals surface area contributed by atoms with Gasteiger partial charge in [0.1, 0.15) is 0 Å². The molecule has 0 heterocycles. The minimum Gasteiger partial charge on any atom is -0.772 e. The zero-order chi connectivity index (χ0) is 9.14. The first-order valence-corrected chi connectivity index (χ1v) is 4.54. The summed E-state index contributed by atoms with van der Waals surface area (Å²) in [6.45, 7) is 0. The predicted molar refractivity (Wildman–Crippen MR) is 47.9 cm³/mol. The lowest BCUT2D eigenvalue weighted by Crippen LogP contribution is -2.02. The fourth-order valence-electron chi connectivity index (χ4n) is 0.886. The highest BCUT2D eigenvalue weighted by atomic mass is 32.2. The fraction of sp³-hybridized carbons (Fsp3) is 0.143. The molecule has 5 heteroatoms. The van der Waals surface area contributed by atoms with Crippen molar-refractivity contribution in [2.45, 2.75) is 5.75 Å². The smallest absolute Gasteiger partial charge is 0.0589 e. The van der Waals surface area contributed by atoms with E-state index in [1.54, 1.807) is 18.2 Å². The van der Waals surface area contributed by atoms with E-state index in [-0.39, 0.29) is 5.75 Å². The number of hydrogen-bond acceptors (Lipinski definition) is 4. The average molecular weight is 185 g/mol. The SMILES string of the molecule is Nc1cccc(CS(=O)[O-])c1N. The van der Waals surface area contributed by atoms with E-state index in [2.05, 4.69) is 0 Å². The van der Waals surface area contributed by atoms with Crippen LogP contribution in [0, 0.1) is 0 Å². The Balaban J connectivity index is 3.00. The Morgan fingerprint density at radius 3 is 2.67 bits per heavy atom. The Bertz CT molecular complexity index is 314. The van der Waals surface area contributed by atoms with Gasteiger partial charge in [-0.15, -0.1) is 0 Å². The van der Waals surface area contributed by atoms with Crippen molar-refractivity contribution in [3.8, 4) is 0 Å². The summed E-state index contributed by atoms with van der Waals surface area (Å²) in [4.78, 5) is 0. The Kier molecular flexibility index (Phi) is 2.67. The molecule has 12 heavy (non-hydrogen) atoms. The molecule has 0 radical (unpaired) electrons. The number of hydrogen-bond donors (Lipinski definition) is 2. The van der Waals surface area contributed by atoms with Gasteiger partial charge in [0, 0.05) is 5.75 Å². The third kappa shape index (κ3) is 1.96. The average Bonchev–Trinajstić information content (AvgIpc) is 1.98. The molecule has 1 aromatic carbocycles. The zero-order valence-corrected chi connectivity index (χ0v) is 7.14. The summed E-state index contributed by atoms with van der Waals surface area (Å²) in [5.41, 5.74) is 12.3. The first kappa shape index (κ1) is 9.02. The van der Waals surface area contributed by atoms with Gasteiger partial charge in [-0.3, -0.25) is 4.21 Å². The van der Waals surface area contributed by atoms with Gasteiger partial charge < -0.3 is 16.0 Å². The topological polar surface area (TPSA) is 92.2 Å². The van der Waals surface area contributed by atoms with E-state index in [4.69, 9.17) is 11.5 Å². The van der Waals surface area contributed by atoms with E-state index in [1.807, 2.05) is 0 Å². The highest BCUT2D eigenvalue weighted by Gasteiger charge is 2.00. The molecule has 0 amide bonds. The molecule has 0 saturated carbocycles. The maximum absolute atomic E-state index is 10.3. The van der Waals surface area contributed by atoms with Gasteiger partial charge in [-0.25, -0.2) is 0 Å². The van der Waals surface area contributed by atoms with Crippen molar-refractivity contribution in [1.82, 2.24) is 0 Å². The van der Waals surface area contributed by atoms with Crippen LogP contribution < -0.4 is 11.5 Å². The highest BCUT2D eigenvalue weighted by molar-refractivity contribution is 7.78. The van der Waals surface area contributed by atoms with Crippen LogP contribution >= 0.6 is 0 Å². The van der Waals surface area contributed by atoms with Gasteiger partial charge in [0.05, 0.1) is 11.4 Å². The normalized spacial score (nSPS) is 12.8. The van der Waals surface area contributed by atoms with Crippen molar-refractivity contribution in [1.29, 1.82) is 0 Å². The molecule has 1 atom stereocenters. The molecule has 4 N–H and O–H groups in total. The zero-order valence-electron chi connectivity index (χ0n) is 6.32. The second kappa shape index (κ2) is 3.55. The third-order valence-corrected chi connectivity index (χ3v) is 2.05. The number of rotatable bonds is 2. The van der Waals surface area contributed by atoms with Crippen LogP contribution in [0.5, 0.6) is 0 Å². The van der Waals surface area contributed by atoms with E-state index in [1.165, 1.54) is 0 Å². The molecule has 0 bridgehead atoms. The number of nitrogen functional groups attached to an aromatic ring is 2. The van der Waals surface area contributed by atoms with Crippen LogP contribution in [0.25, 0.3) is 0 Å². The van der Waals surface area contributed by atoms with E-state index in [0.29, 0.717) is 16.9 Å². The van der Waals surface area contributed by atoms with Crippen molar-refractivity contribution in [3.05, 3.63) is 23.8 Å². The van der Waals surface area contributed by atoms with Crippen molar-refractivity contribution < 1.29 is 8.76 Å². The van der Waals surface area contributed by atoms with Crippen LogP contribution in [-0.2, 0) is 16.8 Å². The second-order valence-electron chi connectivity index (χ2n) is 2.37. The van der Waals surface area contributed by atoms with Crippen molar-refractivity contribution >= 4 is 22.5 Å². The van der Waals surface area contributed by atoms with E-state index >= 15 is 0 Å². The predicted octanol–water partition coefficient (Wildman–Crippen LogP) is 0.230. The van der Waals surface area contributed by atoms with Gasteiger partial charge in [-0.05, 0) is 11.6 Å². The van der Waals surface area contributed by atoms with Crippen LogP contribution in [0.1, 0.15) is 5.56 Å². The molecule has 1 rings (SSSR count). The van der Waals surface area contributed by atoms with E-state index < -0.39 is 11.1 Å². The largest absolute Gasteiger partial charge is 0.772 e. The molecule has 0 aliphatic carbocycles. The number of para-hydroxylation sites is 1. The molecule has 1 unspecified atom stereocenters. The highest BCUT2D eigenvalue weighted by Crippen LogP contribution is 2.20. The first-order chi connectivity index (χ1) is 5.61. The number of nitrogens with two attached hydrogens (primary N) is 2. The molecular weight excluding hydrogens is 176 g/mol. The van der Waals surface area contributed by atoms with Crippen molar-refractivity contribution in [2.75, 3.05) is 11.5 Å². The van der Waals surface area contributed by atoms with Gasteiger partial charge in [-0.2, -0.15) is 0 Å². The number of anilines is 2. The Morgan fingerprint density at radius 1 is 1.42 bits per heavy atom. The van der Waals surface area contributed by atoms with Gasteiger partial charge in [0.2, 0.25) is 0 Å². The molecule has 0 aliphatic rings. The Hall–Kier alpha value is -1.07. The molecule has 0 saturated heterocycles. The maximum atomic E-state index is 10.3. The second-order valence-corrected chi connectivity index (χ2v) is 3.26. The molecule has 0 spiro atoms. The van der Waals surface area contributed by atoms with Crippen molar-refractivity contribution in [2.24, 2.45) is 0 Å². The van der Waals surface area contributed by atoms with Crippen LogP contribution in [0.2, 0.25) is 0 Å². The third-order valence-electron chi connectivity index (χ3n) is 1.50. The standard InChI is InChI=1S/C7H10N2O2S/c8-6-3-1-2-5(7(6)9)4-12(10)11/h1-3H,4,8-9H2,(H,10,11)/p-1. The Morgan fingerprint density at radius 2 is 2.08 bits per heavy atom. The van der Waals surface area contributed by atoms with Crippen LogP contribution in [0.4, 0.5) is 11.4 Å². The summed E-state index contributed by atoms with van der Waals surface area (Å²) in [5, 5.41) is 0. The van der Waals surface area contributed by atoms with Gasteiger partial charge in [0.25, 0.3) is 0 Å². The molecule has 0 aliphatic heterocycles. The summed E-state index contributed by atoms with van der Waals surface area (Å²) in [6, 6.07) is 4.95. The molecule has 1 aromatic rings. The Labute approximate surface area is 72.9 Å².